The minimum Gasteiger partial charge on any atom is -0.326 e. The van der Waals surface area contributed by atoms with E-state index in [-0.39, 0.29) is 29.6 Å². The van der Waals surface area contributed by atoms with Crippen LogP contribution in [0.3, 0.4) is 0 Å². The van der Waals surface area contributed by atoms with Crippen molar-refractivity contribution in [3.8, 4) is 6.07 Å². The van der Waals surface area contributed by atoms with Gasteiger partial charge in [-0.2, -0.15) is 9.57 Å². The van der Waals surface area contributed by atoms with Gasteiger partial charge in [-0.15, -0.1) is 0 Å². The van der Waals surface area contributed by atoms with Crippen molar-refractivity contribution in [2.45, 2.75) is 17.7 Å². The zero-order valence-corrected chi connectivity index (χ0v) is 15.5. The number of carbonyl (C=O) groups excluding carboxylic acids is 1. The monoisotopic (exact) mass is 405 g/mol. The van der Waals surface area contributed by atoms with Crippen LogP contribution >= 0.6 is 0 Å². The van der Waals surface area contributed by atoms with E-state index in [2.05, 4.69) is 5.32 Å². The number of anilines is 1. The summed E-state index contributed by atoms with van der Waals surface area (Å²) in [4.78, 5) is 12.4. The summed E-state index contributed by atoms with van der Waals surface area (Å²) >= 11 is 0. The number of hydrogen-bond acceptors (Lipinski definition) is 4. The van der Waals surface area contributed by atoms with Crippen molar-refractivity contribution in [2.24, 2.45) is 5.92 Å². The third-order valence-corrected chi connectivity index (χ3v) is 6.55. The Morgan fingerprint density at radius 2 is 1.71 bits per heavy atom. The molecular formula is C19H17F2N3O3S. The lowest BCUT2D eigenvalue weighted by molar-refractivity contribution is -0.120. The molecular weight excluding hydrogens is 388 g/mol. The van der Waals surface area contributed by atoms with E-state index in [4.69, 9.17) is 5.26 Å². The number of nitrogens with one attached hydrogen (secondary N) is 1. The highest BCUT2D eigenvalue weighted by atomic mass is 32.2. The lowest BCUT2D eigenvalue weighted by atomic mass is 9.97. The van der Waals surface area contributed by atoms with Gasteiger partial charge < -0.3 is 5.32 Å². The first-order chi connectivity index (χ1) is 13.3. The largest absolute Gasteiger partial charge is 0.326 e. The predicted molar refractivity (Wildman–Crippen MR) is 97.6 cm³/mol. The van der Waals surface area contributed by atoms with Gasteiger partial charge in [0.05, 0.1) is 16.5 Å². The highest BCUT2D eigenvalue weighted by Crippen LogP contribution is 2.25. The number of halogens is 2. The summed E-state index contributed by atoms with van der Waals surface area (Å²) in [5.74, 6) is -2.84. The van der Waals surface area contributed by atoms with Crippen molar-refractivity contribution in [3.05, 3.63) is 59.7 Å². The molecule has 1 aliphatic heterocycles. The van der Waals surface area contributed by atoms with Crippen molar-refractivity contribution < 1.29 is 22.0 Å². The van der Waals surface area contributed by atoms with E-state index in [0.29, 0.717) is 18.4 Å². The van der Waals surface area contributed by atoms with Crippen molar-refractivity contribution in [1.29, 1.82) is 5.26 Å². The zero-order chi connectivity index (χ0) is 20.3. The zero-order valence-electron chi connectivity index (χ0n) is 14.7. The van der Waals surface area contributed by atoms with Gasteiger partial charge in [0.15, 0.2) is 11.6 Å². The third-order valence-electron chi connectivity index (χ3n) is 4.63. The fourth-order valence-corrected chi connectivity index (χ4v) is 4.50. The van der Waals surface area contributed by atoms with E-state index in [0.717, 1.165) is 12.1 Å². The molecule has 1 aliphatic rings. The number of hydrogen-bond donors (Lipinski definition) is 1. The first kappa shape index (κ1) is 19.9. The van der Waals surface area contributed by atoms with Crippen molar-refractivity contribution in [2.75, 3.05) is 18.4 Å². The number of carbonyl (C=O) groups is 1. The Morgan fingerprint density at radius 3 is 2.29 bits per heavy atom. The molecule has 0 aromatic heterocycles. The number of piperidine rings is 1. The lowest BCUT2D eigenvalue weighted by Gasteiger charge is -2.30. The van der Waals surface area contributed by atoms with Crippen molar-refractivity contribution in [3.63, 3.8) is 0 Å². The number of nitrogens with zero attached hydrogens (tertiary/aromatic N) is 2. The van der Waals surface area contributed by atoms with E-state index in [1.807, 2.05) is 6.07 Å². The molecule has 0 radical (unpaired) electrons. The maximum atomic E-state index is 13.2. The molecule has 1 N–H and O–H groups in total. The van der Waals surface area contributed by atoms with E-state index in [1.54, 1.807) is 0 Å². The summed E-state index contributed by atoms with van der Waals surface area (Å²) in [5.41, 5.74) is 0.517. The molecule has 1 heterocycles. The van der Waals surface area contributed by atoms with Gasteiger partial charge in [0.1, 0.15) is 0 Å². The lowest BCUT2D eigenvalue weighted by Crippen LogP contribution is -2.41. The number of nitriles is 1. The second-order valence-electron chi connectivity index (χ2n) is 6.43. The van der Waals surface area contributed by atoms with E-state index in [1.165, 1.54) is 34.6 Å². The van der Waals surface area contributed by atoms with Gasteiger partial charge in [-0.1, -0.05) is 0 Å². The Hall–Kier alpha value is -2.83. The second-order valence-corrected chi connectivity index (χ2v) is 8.37. The molecule has 0 bridgehead atoms. The summed E-state index contributed by atoms with van der Waals surface area (Å²) in [6.07, 6.45) is 0.621. The molecule has 6 nitrogen and oxygen atoms in total. The van der Waals surface area contributed by atoms with Gasteiger partial charge in [-0.25, -0.2) is 17.2 Å². The minimum absolute atomic E-state index is 0.0937. The average Bonchev–Trinajstić information content (AvgIpc) is 2.71. The van der Waals surface area contributed by atoms with E-state index in [9.17, 15) is 22.0 Å². The molecule has 1 amide bonds. The summed E-state index contributed by atoms with van der Waals surface area (Å²) in [7, 11) is -3.70. The van der Waals surface area contributed by atoms with Crippen LogP contribution in [0.1, 0.15) is 18.4 Å². The molecule has 146 valence electrons. The molecule has 0 atom stereocenters. The maximum absolute atomic E-state index is 13.2. The summed E-state index contributed by atoms with van der Waals surface area (Å²) in [6, 6.07) is 10.7. The fourth-order valence-electron chi connectivity index (χ4n) is 3.03. The molecule has 3 rings (SSSR count). The first-order valence-corrected chi connectivity index (χ1v) is 10.0. The molecule has 1 saturated heterocycles. The van der Waals surface area contributed by atoms with Crippen LogP contribution in [-0.2, 0) is 14.8 Å². The summed E-state index contributed by atoms with van der Waals surface area (Å²) in [5, 5.41) is 11.3. The molecule has 1 fully saturated rings. The fraction of sp³-hybridized carbons (Fsp3) is 0.263. The van der Waals surface area contributed by atoms with Gasteiger partial charge in [-0.05, 0) is 49.2 Å². The molecule has 28 heavy (non-hydrogen) atoms. The van der Waals surface area contributed by atoms with Crippen LogP contribution in [0.25, 0.3) is 0 Å². The molecule has 9 heteroatoms. The SMILES string of the molecule is N#Cc1ccc(S(=O)(=O)N2CCC(C(=O)Nc3ccc(F)c(F)c3)CC2)cc1. The first-order valence-electron chi connectivity index (χ1n) is 8.57. The third kappa shape index (κ3) is 4.18. The number of rotatable bonds is 4. The summed E-state index contributed by atoms with van der Waals surface area (Å²) < 4.78 is 52.9. The van der Waals surface area contributed by atoms with Crippen LogP contribution in [-0.4, -0.2) is 31.7 Å². The number of benzene rings is 2. The standard InChI is InChI=1S/C19H17F2N3O3S/c20-17-6-3-15(11-18(17)21)23-19(25)14-7-9-24(10-8-14)28(26,27)16-4-1-13(12-22)2-5-16/h1-6,11,14H,7-10H2,(H,23,25). The molecule has 0 unspecified atom stereocenters. The van der Waals surface area contributed by atoms with Crippen molar-refractivity contribution in [1.82, 2.24) is 4.31 Å². The van der Waals surface area contributed by atoms with Gasteiger partial charge in [-0.3, -0.25) is 4.79 Å². The van der Waals surface area contributed by atoms with Crippen LogP contribution in [0.15, 0.2) is 47.4 Å². The second kappa shape index (κ2) is 8.04. The smallest absolute Gasteiger partial charge is 0.243 e. The Labute approximate surface area is 161 Å². The van der Waals surface area contributed by atoms with Crippen LogP contribution in [0.4, 0.5) is 14.5 Å². The van der Waals surface area contributed by atoms with Crippen LogP contribution in [0, 0.1) is 28.9 Å². The molecule has 0 spiro atoms. The van der Waals surface area contributed by atoms with Gasteiger partial charge >= 0.3 is 0 Å². The highest BCUT2D eigenvalue weighted by molar-refractivity contribution is 7.89. The maximum Gasteiger partial charge on any atom is 0.243 e. The highest BCUT2D eigenvalue weighted by Gasteiger charge is 2.32. The van der Waals surface area contributed by atoms with Crippen LogP contribution < -0.4 is 5.32 Å². The predicted octanol–water partition coefficient (Wildman–Crippen LogP) is 2.88. The molecule has 2 aromatic carbocycles. The Balaban J connectivity index is 1.62. The topological polar surface area (TPSA) is 90.3 Å². The van der Waals surface area contributed by atoms with E-state index < -0.39 is 27.6 Å². The normalized spacial score (nSPS) is 15.8. The number of sulfonamides is 1. The minimum atomic E-state index is -3.70. The molecule has 0 aliphatic carbocycles. The average molecular weight is 405 g/mol. The van der Waals surface area contributed by atoms with Gasteiger partial charge in [0, 0.05) is 30.8 Å². The Bertz CT molecular complexity index is 1030. The number of amides is 1. The van der Waals surface area contributed by atoms with E-state index >= 15 is 0 Å². The Morgan fingerprint density at radius 1 is 1.07 bits per heavy atom. The Kier molecular flexibility index (Phi) is 5.72. The van der Waals surface area contributed by atoms with Crippen molar-refractivity contribution >= 4 is 21.6 Å². The quantitative estimate of drug-likeness (QED) is 0.847. The molecule has 0 saturated carbocycles. The summed E-state index contributed by atoms with van der Waals surface area (Å²) in [6.45, 7) is 0.330. The van der Waals surface area contributed by atoms with Gasteiger partial charge in [0.2, 0.25) is 15.9 Å². The van der Waals surface area contributed by atoms with Crippen LogP contribution in [0.2, 0.25) is 0 Å². The van der Waals surface area contributed by atoms with Crippen LogP contribution in [0.5, 0.6) is 0 Å². The van der Waals surface area contributed by atoms with Gasteiger partial charge in [0.25, 0.3) is 0 Å². The molecule has 2 aromatic rings.